The summed E-state index contributed by atoms with van der Waals surface area (Å²) in [5.74, 6) is -4.50. The fraction of sp³-hybridized carbons (Fsp3) is 0.667. The molecule has 146 valence electrons. The Morgan fingerprint density at radius 2 is 1.50 bits per heavy atom. The Bertz CT molecular complexity index is 496. The quantitative estimate of drug-likeness (QED) is 0.143. The number of ether oxygens (including phenoxy) is 1. The molecular weight excluding hydrogens is 376 g/mol. The first kappa shape index (κ1) is 27.0. The van der Waals surface area contributed by atoms with Crippen molar-refractivity contribution in [2.45, 2.75) is 36.6 Å². The second kappa shape index (κ2) is 12.2. The molecule has 6 atom stereocenters. The van der Waals surface area contributed by atoms with Gasteiger partial charge >= 0.3 is 35.0 Å². The van der Waals surface area contributed by atoms with Crippen molar-refractivity contribution in [2.75, 3.05) is 13.2 Å². The summed E-state index contributed by atoms with van der Waals surface area (Å²) < 4.78 is 4.32. The molecule has 0 aromatic carbocycles. The van der Waals surface area contributed by atoms with E-state index in [0.717, 1.165) is 0 Å². The van der Waals surface area contributed by atoms with Crippen molar-refractivity contribution in [2.24, 2.45) is 0 Å². The molecule has 0 saturated heterocycles. The third-order valence-corrected chi connectivity index (χ3v) is 2.98. The molecule has 1 aliphatic rings. The molecule has 1 rings (SSSR count). The molecule has 0 aromatic rings. The van der Waals surface area contributed by atoms with Crippen LogP contribution < -0.4 is 0 Å². The Hall–Kier alpha value is -1.23. The number of aliphatic carboxylic acids is 1. The number of carbonyl (C=O) groups is 2. The number of rotatable bonds is 7. The van der Waals surface area contributed by atoms with Crippen molar-refractivity contribution in [3.8, 4) is 0 Å². The first-order valence-electron chi connectivity index (χ1n) is 6.67. The predicted octanol–water partition coefficient (Wildman–Crippen LogP) is -5.28. The van der Waals surface area contributed by atoms with E-state index in [0.29, 0.717) is 0 Å². The number of carboxylic acid groups (broad SMARTS) is 1. The van der Waals surface area contributed by atoms with Gasteiger partial charge in [0.2, 0.25) is 5.76 Å². The summed E-state index contributed by atoms with van der Waals surface area (Å²) in [5, 5.41) is 86.9. The second-order valence-electron chi connectivity index (χ2n) is 4.82. The van der Waals surface area contributed by atoms with Gasteiger partial charge in [-0.2, -0.15) is 0 Å². The standard InChI is InChI=1S/C6H12O7.C6H8O6.Mg/c7-1-2(8)3(9)4(10)5(11)6(12)13;7-1-2(8)5-3(9)4(10)6(11)12-5;/h2-5,7-11H,1H2,(H,12,13);2,5,7-10H,1H2;/q;;+2/t2-,3-,4+,5-;2-,5+;/m00./s1. The molecule has 14 heteroatoms. The summed E-state index contributed by atoms with van der Waals surface area (Å²) in [6.07, 6.45) is -10.6. The van der Waals surface area contributed by atoms with E-state index in [9.17, 15) is 9.59 Å². The number of hydrogen-bond donors (Lipinski definition) is 10. The molecule has 0 radical (unpaired) electrons. The van der Waals surface area contributed by atoms with Gasteiger partial charge in [-0.15, -0.1) is 0 Å². The average molecular weight is 397 g/mol. The Balaban J connectivity index is 0. The molecule has 0 saturated carbocycles. The summed E-state index contributed by atoms with van der Waals surface area (Å²) in [4.78, 5) is 20.6. The summed E-state index contributed by atoms with van der Waals surface area (Å²) in [5.41, 5.74) is 0. The van der Waals surface area contributed by atoms with Gasteiger partial charge in [-0.3, -0.25) is 0 Å². The van der Waals surface area contributed by atoms with Crippen LogP contribution in [0.5, 0.6) is 0 Å². The number of esters is 1. The first-order valence-corrected chi connectivity index (χ1v) is 6.67. The minimum Gasteiger partial charge on any atom is -0.505 e. The molecule has 0 bridgehead atoms. The van der Waals surface area contributed by atoms with E-state index in [2.05, 4.69) is 4.74 Å². The summed E-state index contributed by atoms with van der Waals surface area (Å²) in [6, 6.07) is 0. The molecule has 1 heterocycles. The van der Waals surface area contributed by atoms with Crippen LogP contribution in [0.15, 0.2) is 11.5 Å². The predicted molar refractivity (Wildman–Crippen MR) is 79.8 cm³/mol. The van der Waals surface area contributed by atoms with E-state index >= 15 is 0 Å². The van der Waals surface area contributed by atoms with Crippen LogP contribution in [0.3, 0.4) is 0 Å². The van der Waals surface area contributed by atoms with Crippen molar-refractivity contribution in [3.05, 3.63) is 11.5 Å². The molecule has 0 amide bonds. The van der Waals surface area contributed by atoms with Crippen LogP contribution in [0, 0.1) is 0 Å². The van der Waals surface area contributed by atoms with Crippen molar-refractivity contribution >= 4 is 35.0 Å². The Kier molecular flexibility index (Phi) is 12.7. The maximum Gasteiger partial charge on any atom is 2.00 e. The zero-order valence-electron chi connectivity index (χ0n) is 13.3. The van der Waals surface area contributed by atoms with Crippen LogP contribution in [0.25, 0.3) is 0 Å². The van der Waals surface area contributed by atoms with E-state index in [4.69, 9.17) is 51.1 Å². The average Bonchev–Trinajstić information content (AvgIpc) is 2.86. The maximum absolute atomic E-state index is 10.5. The van der Waals surface area contributed by atoms with Crippen LogP contribution >= 0.6 is 0 Å². The van der Waals surface area contributed by atoms with Gasteiger partial charge in [0.25, 0.3) is 0 Å². The van der Waals surface area contributed by atoms with E-state index in [1.54, 1.807) is 0 Å². The molecule has 0 aromatic heterocycles. The number of hydrogen-bond acceptors (Lipinski definition) is 12. The zero-order chi connectivity index (χ0) is 19.9. The van der Waals surface area contributed by atoms with E-state index < -0.39 is 73.3 Å². The van der Waals surface area contributed by atoms with Gasteiger partial charge in [0.05, 0.1) is 13.2 Å². The molecule has 10 N–H and O–H groups in total. The zero-order valence-corrected chi connectivity index (χ0v) is 14.7. The van der Waals surface area contributed by atoms with Crippen molar-refractivity contribution < 1.29 is 65.4 Å². The molecule has 26 heavy (non-hydrogen) atoms. The topological polar surface area (TPSA) is 246 Å². The van der Waals surface area contributed by atoms with Crippen LogP contribution in [-0.2, 0) is 14.3 Å². The van der Waals surface area contributed by atoms with Gasteiger partial charge in [0.15, 0.2) is 18.0 Å². The Morgan fingerprint density at radius 1 is 1.00 bits per heavy atom. The largest absolute Gasteiger partial charge is 2.00 e. The number of cyclic esters (lactones) is 1. The van der Waals surface area contributed by atoms with Crippen LogP contribution in [0.1, 0.15) is 0 Å². The first-order chi connectivity index (χ1) is 11.5. The van der Waals surface area contributed by atoms with E-state index in [-0.39, 0.29) is 23.1 Å². The maximum atomic E-state index is 10.5. The number of carboxylic acids is 1. The molecule has 0 unspecified atom stereocenters. The number of aliphatic hydroxyl groups is 9. The SMILES string of the molecule is O=C(O)[C@@H](O)[C@H](O)[C@@H](O)[C@@H](O)CO.O=C1O[C@H]([C@@H](O)CO)C(O)=C1O.[Mg+2]. The smallest absolute Gasteiger partial charge is 0.505 e. The molecule has 1 aliphatic heterocycles. The molecule has 0 fully saturated rings. The minimum absolute atomic E-state index is 0. The van der Waals surface area contributed by atoms with Gasteiger partial charge in [0.1, 0.15) is 24.4 Å². The summed E-state index contributed by atoms with van der Waals surface area (Å²) in [6.45, 7) is -1.51. The van der Waals surface area contributed by atoms with Gasteiger partial charge in [-0.05, 0) is 0 Å². The van der Waals surface area contributed by atoms with E-state index in [1.807, 2.05) is 0 Å². The fourth-order valence-corrected chi connectivity index (χ4v) is 1.49. The van der Waals surface area contributed by atoms with Gasteiger partial charge in [-0.25, -0.2) is 9.59 Å². The molecule has 0 aliphatic carbocycles. The second-order valence-corrected chi connectivity index (χ2v) is 4.82. The normalized spacial score (nSPS) is 22.1. The monoisotopic (exact) mass is 396 g/mol. The third kappa shape index (κ3) is 7.18. The third-order valence-electron chi connectivity index (χ3n) is 2.98. The van der Waals surface area contributed by atoms with Crippen LogP contribution in [0.4, 0.5) is 0 Å². The minimum atomic E-state index is -2.20. The molecular formula is C12H20MgO13+2. The summed E-state index contributed by atoms with van der Waals surface area (Å²) in [7, 11) is 0. The Labute approximate surface area is 162 Å². The fourth-order valence-electron chi connectivity index (χ4n) is 1.49. The van der Waals surface area contributed by atoms with Crippen LogP contribution in [-0.4, -0.2) is 136 Å². The number of aliphatic hydroxyl groups excluding tert-OH is 9. The van der Waals surface area contributed by atoms with Crippen LogP contribution in [0.2, 0.25) is 0 Å². The van der Waals surface area contributed by atoms with Crippen molar-refractivity contribution in [1.82, 2.24) is 0 Å². The molecule has 13 nitrogen and oxygen atoms in total. The molecule has 0 spiro atoms. The number of carbonyl (C=O) groups excluding carboxylic acids is 1. The van der Waals surface area contributed by atoms with Gasteiger partial charge < -0.3 is 55.8 Å². The van der Waals surface area contributed by atoms with Crippen molar-refractivity contribution in [1.29, 1.82) is 0 Å². The van der Waals surface area contributed by atoms with E-state index in [1.165, 1.54) is 0 Å². The summed E-state index contributed by atoms with van der Waals surface area (Å²) >= 11 is 0. The van der Waals surface area contributed by atoms with Gasteiger partial charge in [0, 0.05) is 0 Å². The van der Waals surface area contributed by atoms with Gasteiger partial charge in [-0.1, -0.05) is 0 Å². The Morgan fingerprint density at radius 3 is 1.81 bits per heavy atom. The van der Waals surface area contributed by atoms with Crippen molar-refractivity contribution in [3.63, 3.8) is 0 Å².